The molecule has 0 unspecified atom stereocenters. The molecule has 1 atom stereocenters. The van der Waals surface area contributed by atoms with Gasteiger partial charge in [-0.25, -0.2) is 4.79 Å². The number of benzene rings is 2. The van der Waals surface area contributed by atoms with E-state index in [-0.39, 0.29) is 12.0 Å². The molecule has 2 aromatic carbocycles. The minimum atomic E-state index is -0.417. The molecule has 6 nitrogen and oxygen atoms in total. The molecule has 1 aromatic heterocycles. The quantitative estimate of drug-likeness (QED) is 0.607. The van der Waals surface area contributed by atoms with Gasteiger partial charge in [0, 0.05) is 23.8 Å². The summed E-state index contributed by atoms with van der Waals surface area (Å²) in [6.45, 7) is 6.44. The third kappa shape index (κ3) is 3.90. The minimum absolute atomic E-state index is 0.146. The Balaban J connectivity index is 1.62. The Labute approximate surface area is 175 Å². The van der Waals surface area contributed by atoms with E-state index in [1.807, 2.05) is 24.3 Å². The first-order chi connectivity index (χ1) is 14.5. The lowest BCUT2D eigenvalue weighted by atomic mass is 10.0. The Morgan fingerprint density at radius 3 is 2.77 bits per heavy atom. The van der Waals surface area contributed by atoms with Gasteiger partial charge >= 0.3 is 6.09 Å². The lowest BCUT2D eigenvalue weighted by Crippen LogP contribution is -2.33. The number of ether oxygens (including phenoxy) is 1. The number of rotatable bonds is 6. The molecule has 1 N–H and O–H groups in total. The fourth-order valence-corrected chi connectivity index (χ4v) is 3.75. The molecule has 3 aromatic rings. The van der Waals surface area contributed by atoms with E-state index in [0.717, 1.165) is 40.5 Å². The van der Waals surface area contributed by atoms with Crippen molar-refractivity contribution in [3.05, 3.63) is 48.0 Å². The van der Waals surface area contributed by atoms with Crippen LogP contribution < -0.4 is 10.2 Å². The zero-order valence-electron chi connectivity index (χ0n) is 17.5. The number of fused-ring (bicyclic) bond motifs is 3. The number of carbonyl (C=O) groups excluding carboxylic acids is 2. The van der Waals surface area contributed by atoms with Crippen molar-refractivity contribution < 1.29 is 18.7 Å². The van der Waals surface area contributed by atoms with Crippen LogP contribution in [0.4, 0.5) is 10.5 Å². The average molecular weight is 406 g/mol. The van der Waals surface area contributed by atoms with Crippen molar-refractivity contribution in [1.82, 2.24) is 5.32 Å². The van der Waals surface area contributed by atoms with Crippen LogP contribution in [0.5, 0.6) is 0 Å². The summed E-state index contributed by atoms with van der Waals surface area (Å²) in [5, 5.41) is 4.76. The van der Waals surface area contributed by atoms with Crippen molar-refractivity contribution in [3.63, 3.8) is 0 Å². The first kappa shape index (κ1) is 20.0. The van der Waals surface area contributed by atoms with Crippen LogP contribution >= 0.6 is 0 Å². The molecular weight excluding hydrogens is 380 g/mol. The predicted molar refractivity (Wildman–Crippen MR) is 119 cm³/mol. The first-order valence-electron chi connectivity index (χ1n) is 10.3. The van der Waals surface area contributed by atoms with Crippen LogP contribution in [0.2, 0.25) is 0 Å². The molecule has 1 aliphatic rings. The number of nitrogens with one attached hydrogen (secondary N) is 1. The molecule has 156 valence electrons. The molecule has 1 aliphatic heterocycles. The highest BCUT2D eigenvalue weighted by atomic mass is 16.6. The minimum Gasteiger partial charge on any atom is -0.456 e. The van der Waals surface area contributed by atoms with Gasteiger partial charge in [0.1, 0.15) is 17.3 Å². The third-order valence-electron chi connectivity index (χ3n) is 5.41. The lowest BCUT2D eigenvalue weighted by Gasteiger charge is -2.12. The highest BCUT2D eigenvalue weighted by Gasteiger charge is 2.32. The molecule has 0 radical (unpaired) electrons. The van der Waals surface area contributed by atoms with Gasteiger partial charge in [-0.1, -0.05) is 25.5 Å². The van der Waals surface area contributed by atoms with E-state index in [4.69, 9.17) is 9.15 Å². The second kappa shape index (κ2) is 8.22. The zero-order valence-corrected chi connectivity index (χ0v) is 17.5. The van der Waals surface area contributed by atoms with E-state index in [1.54, 1.807) is 4.90 Å². The monoisotopic (exact) mass is 406 g/mol. The van der Waals surface area contributed by atoms with E-state index in [1.165, 1.54) is 18.1 Å². The molecule has 2 amide bonds. The lowest BCUT2D eigenvalue weighted by molar-refractivity contribution is -0.119. The van der Waals surface area contributed by atoms with Crippen molar-refractivity contribution in [3.8, 4) is 0 Å². The first-order valence-corrected chi connectivity index (χ1v) is 10.3. The Bertz CT molecular complexity index is 1140. The molecule has 0 bridgehead atoms. The summed E-state index contributed by atoms with van der Waals surface area (Å²) in [4.78, 5) is 25.0. The number of hydrogen-bond acceptors (Lipinski definition) is 4. The number of furan rings is 1. The maximum atomic E-state index is 12.3. The highest BCUT2D eigenvalue weighted by Crippen LogP contribution is 2.34. The van der Waals surface area contributed by atoms with Gasteiger partial charge in [-0.3, -0.25) is 9.69 Å². The summed E-state index contributed by atoms with van der Waals surface area (Å²) < 4.78 is 11.4. The predicted octanol–water partition coefficient (Wildman–Crippen LogP) is 5.25. The van der Waals surface area contributed by atoms with Crippen molar-refractivity contribution in [2.45, 2.75) is 39.7 Å². The molecule has 0 spiro atoms. The van der Waals surface area contributed by atoms with E-state index < -0.39 is 6.09 Å². The summed E-state index contributed by atoms with van der Waals surface area (Å²) in [5.74, 6) is -0.146. The summed E-state index contributed by atoms with van der Waals surface area (Å²) in [7, 11) is 0. The third-order valence-corrected chi connectivity index (χ3v) is 5.41. The molecule has 0 aliphatic carbocycles. The van der Waals surface area contributed by atoms with Crippen molar-refractivity contribution in [2.24, 2.45) is 0 Å². The fourth-order valence-electron chi connectivity index (χ4n) is 3.75. The van der Waals surface area contributed by atoms with Crippen molar-refractivity contribution >= 4 is 45.2 Å². The van der Waals surface area contributed by atoms with Gasteiger partial charge in [-0.15, -0.1) is 0 Å². The zero-order chi connectivity index (χ0) is 21.3. The van der Waals surface area contributed by atoms with Gasteiger partial charge < -0.3 is 14.5 Å². The number of unbranched alkanes of at least 4 members (excludes halogenated alkanes) is 1. The second-order valence-electron chi connectivity index (χ2n) is 7.72. The van der Waals surface area contributed by atoms with Crippen LogP contribution in [0, 0.1) is 0 Å². The molecule has 30 heavy (non-hydrogen) atoms. The number of carbonyl (C=O) groups is 2. The van der Waals surface area contributed by atoms with Crippen LogP contribution in [0.15, 0.2) is 46.9 Å². The number of anilines is 1. The fraction of sp³-hybridized carbons (Fsp3) is 0.333. The topological polar surface area (TPSA) is 71.8 Å². The molecule has 1 saturated heterocycles. The van der Waals surface area contributed by atoms with Crippen LogP contribution in [-0.4, -0.2) is 31.2 Å². The summed E-state index contributed by atoms with van der Waals surface area (Å²) in [5.41, 5.74) is 4.72. The highest BCUT2D eigenvalue weighted by molar-refractivity contribution is 6.07. The number of nitrogens with zero attached hydrogens (tertiary/aromatic N) is 1. The largest absolute Gasteiger partial charge is 0.456 e. The standard InChI is InChI=1S/C24H26N2O4/c1-4-5-6-15(2)17-7-10-22-21(11-17)20-9-8-18(12-23(20)30-22)26-14-19(29-24(26)28)13-25-16(3)27/h6-12,19H,4-5,13-14H2,1-3H3,(H,25,27)/b15-6+/t19-/m0/s1. The Morgan fingerprint density at radius 1 is 1.17 bits per heavy atom. The van der Waals surface area contributed by atoms with Crippen LogP contribution in [0.25, 0.3) is 27.5 Å². The second-order valence-corrected chi connectivity index (χ2v) is 7.72. The van der Waals surface area contributed by atoms with Gasteiger partial charge in [0.15, 0.2) is 0 Å². The van der Waals surface area contributed by atoms with Gasteiger partial charge in [0.2, 0.25) is 5.91 Å². The van der Waals surface area contributed by atoms with E-state index in [2.05, 4.69) is 37.4 Å². The maximum Gasteiger partial charge on any atom is 0.414 e. The molecule has 6 heteroatoms. The maximum absolute atomic E-state index is 12.3. The Hall–Kier alpha value is -3.28. The molecule has 4 rings (SSSR count). The Morgan fingerprint density at radius 2 is 2.00 bits per heavy atom. The van der Waals surface area contributed by atoms with E-state index in [0.29, 0.717) is 13.1 Å². The average Bonchev–Trinajstić information content (AvgIpc) is 3.29. The normalized spacial score (nSPS) is 17.0. The number of cyclic esters (lactones) is 1. The Kier molecular flexibility index (Phi) is 5.48. The number of amides is 2. The summed E-state index contributed by atoms with van der Waals surface area (Å²) >= 11 is 0. The number of hydrogen-bond donors (Lipinski definition) is 1. The molecule has 2 heterocycles. The van der Waals surface area contributed by atoms with Crippen molar-refractivity contribution in [2.75, 3.05) is 18.0 Å². The van der Waals surface area contributed by atoms with Crippen LogP contribution in [-0.2, 0) is 9.53 Å². The molecule has 0 saturated carbocycles. The van der Waals surface area contributed by atoms with Crippen molar-refractivity contribution in [1.29, 1.82) is 0 Å². The smallest absolute Gasteiger partial charge is 0.414 e. The number of allylic oxidation sites excluding steroid dienone is 2. The summed E-state index contributed by atoms with van der Waals surface area (Å²) in [6, 6.07) is 12.0. The summed E-state index contributed by atoms with van der Waals surface area (Å²) in [6.07, 6.45) is 3.67. The van der Waals surface area contributed by atoms with E-state index in [9.17, 15) is 9.59 Å². The van der Waals surface area contributed by atoms with Gasteiger partial charge in [-0.05, 0) is 48.7 Å². The van der Waals surface area contributed by atoms with Gasteiger partial charge in [0.25, 0.3) is 0 Å². The van der Waals surface area contributed by atoms with E-state index >= 15 is 0 Å². The van der Waals surface area contributed by atoms with Gasteiger partial charge in [-0.2, -0.15) is 0 Å². The van der Waals surface area contributed by atoms with Crippen LogP contribution in [0.3, 0.4) is 0 Å². The van der Waals surface area contributed by atoms with Gasteiger partial charge in [0.05, 0.1) is 18.8 Å². The SMILES string of the molecule is CCC/C=C(\C)c1ccc2oc3cc(N4C[C@H](CNC(C)=O)OC4=O)ccc3c2c1. The van der Waals surface area contributed by atoms with Crippen LogP contribution in [0.1, 0.15) is 39.2 Å². The molecule has 1 fully saturated rings. The molecular formula is C24H26N2O4.